The van der Waals surface area contributed by atoms with Crippen molar-refractivity contribution >= 4 is 28.1 Å². The molecular formula is C18H14O2S. The minimum absolute atomic E-state index is 0.408. The van der Waals surface area contributed by atoms with Crippen LogP contribution in [-0.2, 0) is 12.8 Å². The van der Waals surface area contributed by atoms with Crippen molar-refractivity contribution < 1.29 is 9.90 Å². The Kier molecular flexibility index (Phi) is 2.66. The third-order valence-electron chi connectivity index (χ3n) is 4.25. The molecule has 1 N–H and O–H groups in total. The van der Waals surface area contributed by atoms with Crippen LogP contribution in [-0.4, -0.2) is 11.1 Å². The zero-order valence-corrected chi connectivity index (χ0v) is 12.5. The Morgan fingerprint density at radius 2 is 1.90 bits per heavy atom. The summed E-state index contributed by atoms with van der Waals surface area (Å²) in [6.45, 7) is 1.99. The topological polar surface area (TPSA) is 37.3 Å². The van der Waals surface area contributed by atoms with Crippen LogP contribution in [0, 0.1) is 6.92 Å². The molecule has 1 aliphatic carbocycles. The highest BCUT2D eigenvalue weighted by Gasteiger charge is 2.19. The third-order valence-corrected chi connectivity index (χ3v) is 5.51. The molecule has 0 bridgehead atoms. The summed E-state index contributed by atoms with van der Waals surface area (Å²) in [6, 6.07) is 12.6. The highest BCUT2D eigenvalue weighted by molar-refractivity contribution is 7.17. The highest BCUT2D eigenvalue weighted by atomic mass is 32.1. The first-order valence-corrected chi connectivity index (χ1v) is 7.84. The molecule has 0 unspecified atom stereocenters. The Balaban J connectivity index is 2.02. The minimum Gasteiger partial charge on any atom is -0.477 e. The molecule has 0 spiro atoms. The van der Waals surface area contributed by atoms with Gasteiger partial charge in [-0.1, -0.05) is 30.3 Å². The fraction of sp³-hybridized carbons (Fsp3) is 0.167. The van der Waals surface area contributed by atoms with Gasteiger partial charge in [0.15, 0.2) is 0 Å². The SMILES string of the molecule is Cc1cc(C(=O)O)sc1-c1ccc2c3c(cccc13)CC2. The van der Waals surface area contributed by atoms with Gasteiger partial charge in [0, 0.05) is 4.88 Å². The lowest BCUT2D eigenvalue weighted by atomic mass is 9.98. The lowest BCUT2D eigenvalue weighted by Crippen LogP contribution is -1.89. The molecule has 3 aromatic rings. The Bertz CT molecular complexity index is 879. The molecule has 4 rings (SSSR count). The predicted octanol–water partition coefficient (Wildman–Crippen LogP) is 4.67. The van der Waals surface area contributed by atoms with Crippen LogP contribution in [0.5, 0.6) is 0 Å². The molecule has 2 nitrogen and oxygen atoms in total. The Morgan fingerprint density at radius 3 is 2.62 bits per heavy atom. The maximum absolute atomic E-state index is 11.2. The summed E-state index contributed by atoms with van der Waals surface area (Å²) >= 11 is 1.37. The van der Waals surface area contributed by atoms with Gasteiger partial charge in [-0.25, -0.2) is 4.79 Å². The van der Waals surface area contributed by atoms with Gasteiger partial charge in [-0.2, -0.15) is 0 Å². The van der Waals surface area contributed by atoms with Gasteiger partial charge in [-0.15, -0.1) is 11.3 Å². The Labute approximate surface area is 126 Å². The van der Waals surface area contributed by atoms with E-state index in [0.717, 1.165) is 28.8 Å². The van der Waals surface area contributed by atoms with E-state index in [9.17, 15) is 9.90 Å². The van der Waals surface area contributed by atoms with E-state index in [2.05, 4.69) is 30.3 Å². The zero-order valence-electron chi connectivity index (χ0n) is 11.6. The van der Waals surface area contributed by atoms with E-state index in [1.165, 1.54) is 33.2 Å². The van der Waals surface area contributed by atoms with E-state index in [1.807, 2.05) is 6.92 Å². The fourth-order valence-corrected chi connectivity index (χ4v) is 4.35. The predicted molar refractivity (Wildman–Crippen MR) is 86.4 cm³/mol. The normalized spacial score (nSPS) is 13.0. The van der Waals surface area contributed by atoms with Gasteiger partial charge >= 0.3 is 5.97 Å². The number of benzene rings is 2. The van der Waals surface area contributed by atoms with Gasteiger partial charge in [0.1, 0.15) is 4.88 Å². The number of carbonyl (C=O) groups is 1. The van der Waals surface area contributed by atoms with Gasteiger partial charge in [-0.3, -0.25) is 0 Å². The molecule has 2 aromatic carbocycles. The Hall–Kier alpha value is -2.13. The second-order valence-corrected chi connectivity index (χ2v) is 6.59. The quantitative estimate of drug-likeness (QED) is 0.745. The van der Waals surface area contributed by atoms with Crippen LogP contribution < -0.4 is 0 Å². The van der Waals surface area contributed by atoms with Gasteiger partial charge in [0.2, 0.25) is 0 Å². The summed E-state index contributed by atoms with van der Waals surface area (Å²) < 4.78 is 0. The lowest BCUT2D eigenvalue weighted by Gasteiger charge is -2.08. The molecular weight excluding hydrogens is 280 g/mol. The van der Waals surface area contributed by atoms with E-state index in [-0.39, 0.29) is 0 Å². The van der Waals surface area contributed by atoms with E-state index >= 15 is 0 Å². The van der Waals surface area contributed by atoms with Gasteiger partial charge < -0.3 is 5.11 Å². The molecule has 1 aliphatic rings. The summed E-state index contributed by atoms with van der Waals surface area (Å²) in [7, 11) is 0. The number of hydrogen-bond donors (Lipinski definition) is 1. The number of carboxylic acid groups (broad SMARTS) is 1. The van der Waals surface area contributed by atoms with Crippen molar-refractivity contribution in [3.63, 3.8) is 0 Å². The molecule has 21 heavy (non-hydrogen) atoms. The van der Waals surface area contributed by atoms with E-state index in [1.54, 1.807) is 6.07 Å². The Morgan fingerprint density at radius 1 is 1.14 bits per heavy atom. The molecule has 0 aliphatic heterocycles. The van der Waals surface area contributed by atoms with Crippen LogP contribution in [0.3, 0.4) is 0 Å². The summed E-state index contributed by atoms with van der Waals surface area (Å²) in [5, 5.41) is 11.8. The van der Waals surface area contributed by atoms with E-state index in [4.69, 9.17) is 0 Å². The number of hydrogen-bond acceptors (Lipinski definition) is 2. The van der Waals surface area contributed by atoms with Gasteiger partial charge in [-0.05, 0) is 58.9 Å². The van der Waals surface area contributed by atoms with Gasteiger partial charge in [0.25, 0.3) is 0 Å². The van der Waals surface area contributed by atoms with Crippen molar-refractivity contribution in [2.45, 2.75) is 19.8 Å². The second kappa shape index (κ2) is 4.43. The maximum Gasteiger partial charge on any atom is 0.345 e. The van der Waals surface area contributed by atoms with Crippen molar-refractivity contribution in [1.29, 1.82) is 0 Å². The average Bonchev–Trinajstić information content (AvgIpc) is 3.05. The zero-order chi connectivity index (χ0) is 14.6. The molecule has 0 atom stereocenters. The average molecular weight is 294 g/mol. The minimum atomic E-state index is -0.847. The summed E-state index contributed by atoms with van der Waals surface area (Å²) in [5.74, 6) is -0.847. The van der Waals surface area contributed by atoms with Crippen molar-refractivity contribution in [2.24, 2.45) is 0 Å². The molecule has 1 heterocycles. The van der Waals surface area contributed by atoms with Crippen LogP contribution in [0.15, 0.2) is 36.4 Å². The van der Waals surface area contributed by atoms with Crippen molar-refractivity contribution in [1.82, 2.24) is 0 Å². The molecule has 1 aromatic heterocycles. The smallest absolute Gasteiger partial charge is 0.345 e. The summed E-state index contributed by atoms with van der Waals surface area (Å²) in [5.41, 5.74) is 5.03. The van der Waals surface area contributed by atoms with E-state index in [0.29, 0.717) is 4.88 Å². The van der Waals surface area contributed by atoms with Crippen molar-refractivity contribution in [3.8, 4) is 10.4 Å². The molecule has 104 valence electrons. The molecule has 0 saturated heterocycles. The van der Waals surface area contributed by atoms with E-state index < -0.39 is 5.97 Å². The molecule has 0 saturated carbocycles. The first-order valence-electron chi connectivity index (χ1n) is 7.03. The molecule has 3 heteroatoms. The van der Waals surface area contributed by atoms with Crippen molar-refractivity contribution in [3.05, 3.63) is 58.0 Å². The lowest BCUT2D eigenvalue weighted by molar-refractivity contribution is 0.0702. The van der Waals surface area contributed by atoms with Crippen molar-refractivity contribution in [2.75, 3.05) is 0 Å². The molecule has 0 amide bonds. The first kappa shape index (κ1) is 12.6. The standard InChI is InChI=1S/C18H14O2S/c1-10-9-15(18(19)20)21-17(10)14-8-7-12-6-5-11-3-2-4-13(14)16(11)12/h2-4,7-9H,5-6H2,1H3,(H,19,20). The number of carboxylic acids is 1. The highest BCUT2D eigenvalue weighted by Crippen LogP contribution is 2.40. The molecule has 0 fully saturated rings. The number of rotatable bonds is 2. The van der Waals surface area contributed by atoms with Crippen LogP contribution in [0.1, 0.15) is 26.4 Å². The summed E-state index contributed by atoms with van der Waals surface area (Å²) in [6.07, 6.45) is 2.22. The first-order chi connectivity index (χ1) is 10.1. The second-order valence-electron chi connectivity index (χ2n) is 5.54. The fourth-order valence-electron chi connectivity index (χ4n) is 3.30. The van der Waals surface area contributed by atoms with Crippen LogP contribution in [0.25, 0.3) is 21.2 Å². The number of thiophene rings is 1. The van der Waals surface area contributed by atoms with Crippen LogP contribution in [0.4, 0.5) is 0 Å². The third kappa shape index (κ3) is 1.81. The summed E-state index contributed by atoms with van der Waals surface area (Å²) in [4.78, 5) is 12.7. The van der Waals surface area contributed by atoms with Crippen LogP contribution >= 0.6 is 11.3 Å². The monoisotopic (exact) mass is 294 g/mol. The van der Waals surface area contributed by atoms with Crippen LogP contribution in [0.2, 0.25) is 0 Å². The van der Waals surface area contributed by atoms with Gasteiger partial charge in [0.05, 0.1) is 0 Å². The number of aromatic carboxylic acids is 1. The molecule has 0 radical (unpaired) electrons. The largest absolute Gasteiger partial charge is 0.477 e. The number of aryl methyl sites for hydroxylation is 3. The maximum atomic E-state index is 11.2.